The van der Waals surface area contributed by atoms with Gasteiger partial charge in [0, 0.05) is 56.5 Å². The summed E-state index contributed by atoms with van der Waals surface area (Å²) in [6.07, 6.45) is 10.9. The van der Waals surface area contributed by atoms with Gasteiger partial charge in [-0.3, -0.25) is 24.2 Å². The molecule has 13 heteroatoms. The van der Waals surface area contributed by atoms with Crippen molar-refractivity contribution in [1.29, 1.82) is 0 Å². The number of Topliss-reactive ketones (excluding diaryl/α,β-unsaturated/α-hetero) is 2. The van der Waals surface area contributed by atoms with Crippen LogP contribution in [0.15, 0.2) is 80.7 Å². The molecule has 6 N–H and O–H groups in total. The number of nitrogens with zero attached hydrogens (tertiary/aromatic N) is 3. The molecule has 3 aromatic rings. The van der Waals surface area contributed by atoms with Crippen molar-refractivity contribution in [1.82, 2.24) is 9.80 Å². The molecule has 276 valence electrons. The Hall–Kier alpha value is -5.37. The van der Waals surface area contributed by atoms with Gasteiger partial charge in [-0.15, -0.1) is 0 Å². The van der Waals surface area contributed by atoms with E-state index in [-0.39, 0.29) is 43.7 Å². The summed E-state index contributed by atoms with van der Waals surface area (Å²) in [6, 6.07) is 7.96. The van der Waals surface area contributed by atoms with Gasteiger partial charge in [-0.25, -0.2) is 0 Å². The lowest BCUT2D eigenvalue weighted by Gasteiger charge is -2.50. The SMILES string of the molecule is C.CN(C)c1cc(CN(C/C=C/c2ccco2)C/C=C/c2ccco2)c(O)c2c1C[C@H]1C[C@H]3[C@@H](N(C)C)C(=O)C(C(N)=O)=C(O)[C@@]3(O)C(=O)C1=C2O. The molecule has 1 amide bonds. The fourth-order valence-corrected chi connectivity index (χ4v) is 7.72. The number of aliphatic hydroxyl groups excluding tert-OH is 2. The highest BCUT2D eigenvalue weighted by atomic mass is 16.4. The average Bonchev–Trinajstić information content (AvgIpc) is 3.78. The highest BCUT2D eigenvalue weighted by Gasteiger charge is 2.64. The van der Waals surface area contributed by atoms with Crippen molar-refractivity contribution >= 4 is 41.1 Å². The third-order valence-electron chi connectivity index (χ3n) is 10.0. The van der Waals surface area contributed by atoms with Crippen molar-refractivity contribution in [2.24, 2.45) is 17.6 Å². The molecule has 1 saturated carbocycles. The summed E-state index contributed by atoms with van der Waals surface area (Å²) in [4.78, 5) is 45.5. The lowest BCUT2D eigenvalue weighted by Crippen LogP contribution is -2.65. The number of likely N-dealkylation sites (N-methyl/N-ethyl adjacent to an activating group) is 1. The molecule has 6 rings (SSSR count). The van der Waals surface area contributed by atoms with Gasteiger partial charge >= 0.3 is 0 Å². The molecule has 0 bridgehead atoms. The van der Waals surface area contributed by atoms with Crippen molar-refractivity contribution in [3.63, 3.8) is 0 Å². The number of primary amides is 1. The number of aliphatic hydroxyl groups is 3. The smallest absolute Gasteiger partial charge is 0.255 e. The fraction of sp³-hybridized carbons (Fsp3) is 0.359. The lowest BCUT2D eigenvalue weighted by molar-refractivity contribution is -0.153. The zero-order valence-electron chi connectivity index (χ0n) is 28.9. The Morgan fingerprint density at radius 3 is 2.10 bits per heavy atom. The molecule has 0 spiro atoms. The largest absolute Gasteiger partial charge is 0.508 e. The number of phenols is 1. The molecular formula is C39H46N4O9. The first-order chi connectivity index (χ1) is 24.2. The Labute approximate surface area is 302 Å². The normalized spacial score (nSPS) is 23.0. The zero-order valence-corrected chi connectivity index (χ0v) is 28.9. The van der Waals surface area contributed by atoms with Crippen LogP contribution in [-0.2, 0) is 27.3 Å². The van der Waals surface area contributed by atoms with Crippen LogP contribution < -0.4 is 10.6 Å². The van der Waals surface area contributed by atoms with Crippen LogP contribution in [0.1, 0.15) is 42.1 Å². The van der Waals surface area contributed by atoms with E-state index in [0.717, 1.165) is 0 Å². The van der Waals surface area contributed by atoms with Gasteiger partial charge < -0.3 is 39.9 Å². The van der Waals surface area contributed by atoms with E-state index in [0.29, 0.717) is 41.4 Å². The number of carbonyl (C=O) groups is 3. The fourth-order valence-electron chi connectivity index (χ4n) is 7.72. The summed E-state index contributed by atoms with van der Waals surface area (Å²) in [5.41, 5.74) is 3.51. The summed E-state index contributed by atoms with van der Waals surface area (Å²) >= 11 is 0. The summed E-state index contributed by atoms with van der Waals surface area (Å²) in [6.45, 7) is 1.15. The van der Waals surface area contributed by atoms with Crippen molar-refractivity contribution in [2.45, 2.75) is 38.5 Å². The van der Waals surface area contributed by atoms with Gasteiger partial charge in [-0.2, -0.15) is 0 Å². The number of phenolic OH excluding ortho intramolecular Hbond substituents is 1. The van der Waals surface area contributed by atoms with E-state index in [1.165, 1.54) is 4.90 Å². The second kappa shape index (κ2) is 14.7. The number of nitrogens with two attached hydrogens (primary N) is 1. The number of ketones is 2. The predicted octanol–water partition coefficient (Wildman–Crippen LogP) is 4.08. The number of hydrogen-bond donors (Lipinski definition) is 5. The van der Waals surface area contributed by atoms with Crippen LogP contribution >= 0.6 is 0 Å². The zero-order chi connectivity index (χ0) is 36.8. The number of furan rings is 2. The quantitative estimate of drug-likeness (QED) is 0.179. The van der Waals surface area contributed by atoms with Crippen molar-refractivity contribution in [3.05, 3.63) is 100 Å². The van der Waals surface area contributed by atoms with E-state index < -0.39 is 58.0 Å². The van der Waals surface area contributed by atoms with E-state index in [2.05, 4.69) is 0 Å². The molecule has 3 aliphatic rings. The molecule has 0 unspecified atom stereocenters. The van der Waals surface area contributed by atoms with Gasteiger partial charge in [0.05, 0.1) is 24.1 Å². The van der Waals surface area contributed by atoms with Gasteiger partial charge in [0.25, 0.3) is 5.91 Å². The van der Waals surface area contributed by atoms with Gasteiger partial charge in [0.2, 0.25) is 5.78 Å². The molecule has 0 radical (unpaired) electrons. The molecule has 13 nitrogen and oxygen atoms in total. The van der Waals surface area contributed by atoms with E-state index >= 15 is 0 Å². The number of carbonyl (C=O) groups excluding carboxylic acids is 3. The maximum atomic E-state index is 14.3. The number of amides is 1. The van der Waals surface area contributed by atoms with Gasteiger partial charge in [-0.1, -0.05) is 19.6 Å². The van der Waals surface area contributed by atoms with Crippen LogP contribution in [0.5, 0.6) is 5.75 Å². The molecule has 1 aromatic carbocycles. The van der Waals surface area contributed by atoms with Crippen molar-refractivity contribution in [3.8, 4) is 5.75 Å². The average molecular weight is 715 g/mol. The number of benzene rings is 1. The molecular weight excluding hydrogens is 668 g/mol. The van der Waals surface area contributed by atoms with Gasteiger partial charge in [-0.05, 0) is 80.9 Å². The first-order valence-electron chi connectivity index (χ1n) is 16.6. The molecule has 2 heterocycles. The molecule has 0 aliphatic heterocycles. The van der Waals surface area contributed by atoms with Crippen LogP contribution in [0, 0.1) is 11.8 Å². The number of rotatable bonds is 11. The van der Waals surface area contributed by atoms with Crippen LogP contribution in [-0.4, -0.2) is 101 Å². The molecule has 2 aromatic heterocycles. The highest BCUT2D eigenvalue weighted by molar-refractivity contribution is 6.24. The monoisotopic (exact) mass is 714 g/mol. The molecule has 3 aliphatic carbocycles. The number of aromatic hydroxyl groups is 1. The van der Waals surface area contributed by atoms with E-state index in [1.54, 1.807) is 38.8 Å². The minimum absolute atomic E-state index is 0. The molecule has 52 heavy (non-hydrogen) atoms. The summed E-state index contributed by atoms with van der Waals surface area (Å²) in [7, 11) is 6.81. The van der Waals surface area contributed by atoms with E-state index in [1.807, 2.05) is 66.4 Å². The Kier molecular flexibility index (Phi) is 10.7. The summed E-state index contributed by atoms with van der Waals surface area (Å²) in [5.74, 6) is -5.47. The summed E-state index contributed by atoms with van der Waals surface area (Å²) in [5, 5.41) is 46.9. The third kappa shape index (κ3) is 6.47. The van der Waals surface area contributed by atoms with Crippen molar-refractivity contribution < 1.29 is 43.6 Å². The van der Waals surface area contributed by atoms with Gasteiger partial charge in [0.1, 0.15) is 34.4 Å². The van der Waals surface area contributed by atoms with E-state index in [9.17, 15) is 34.8 Å². The third-order valence-corrected chi connectivity index (χ3v) is 10.0. The second-order valence-electron chi connectivity index (χ2n) is 13.6. The minimum atomic E-state index is -2.71. The standard InChI is InChI=1S/C38H42N4O9.CH4/c1-40(2)27-19-22(20-42(13-5-9-23-11-7-15-50-23)14-6-10-24-12-8-16-51-24)32(43)29-25(27)17-21-18-26-31(41(3)4)34(45)30(37(39)48)36(47)38(26,49)35(46)28(21)33(29)44;/h5-12,15-16,19,21,26,31,43-44,47,49H,13-14,17-18,20H2,1-4H3,(H2,39,48);1H4/b9-5+,10-6+;/t21-,26-,31+,38-;/m0./s1. The summed E-state index contributed by atoms with van der Waals surface area (Å²) < 4.78 is 10.8. The Balaban J connectivity index is 0.00000523. The topological polar surface area (TPSA) is 194 Å². The van der Waals surface area contributed by atoms with Crippen molar-refractivity contribution in [2.75, 3.05) is 46.2 Å². The predicted molar refractivity (Wildman–Crippen MR) is 196 cm³/mol. The number of hydrogen-bond acceptors (Lipinski definition) is 12. The lowest BCUT2D eigenvalue weighted by atomic mass is 9.57. The number of fused-ring (bicyclic) bond motifs is 3. The number of anilines is 1. The first kappa shape index (κ1) is 37.9. The van der Waals surface area contributed by atoms with E-state index in [4.69, 9.17) is 14.6 Å². The van der Waals surface area contributed by atoms with Crippen LogP contribution in [0.2, 0.25) is 0 Å². The van der Waals surface area contributed by atoms with Gasteiger partial charge in [0.15, 0.2) is 11.4 Å². The molecule has 4 atom stereocenters. The van der Waals surface area contributed by atoms with Crippen LogP contribution in [0.3, 0.4) is 0 Å². The Morgan fingerprint density at radius 1 is 1.00 bits per heavy atom. The highest BCUT2D eigenvalue weighted by Crippen LogP contribution is 2.54. The second-order valence-corrected chi connectivity index (χ2v) is 13.6. The molecule has 0 saturated heterocycles. The van der Waals surface area contributed by atoms with Crippen LogP contribution in [0.25, 0.3) is 17.9 Å². The maximum absolute atomic E-state index is 14.3. The first-order valence-corrected chi connectivity index (χ1v) is 16.6. The Morgan fingerprint density at radius 2 is 1.60 bits per heavy atom. The van der Waals surface area contributed by atoms with Crippen LogP contribution in [0.4, 0.5) is 5.69 Å². The molecule has 1 fully saturated rings. The minimum Gasteiger partial charge on any atom is -0.508 e. The maximum Gasteiger partial charge on any atom is 0.255 e. The Bertz CT molecular complexity index is 1930.